The Balaban J connectivity index is 1.53. The van der Waals surface area contributed by atoms with Crippen LogP contribution < -0.4 is 4.74 Å². The second-order valence-corrected chi connectivity index (χ2v) is 9.86. The highest BCUT2D eigenvalue weighted by Crippen LogP contribution is 2.43. The van der Waals surface area contributed by atoms with E-state index in [-0.39, 0.29) is 10.8 Å². The lowest BCUT2D eigenvalue weighted by molar-refractivity contribution is 0.187. The van der Waals surface area contributed by atoms with Gasteiger partial charge in [-0.3, -0.25) is 0 Å². The molecule has 168 valence electrons. The molecule has 1 nitrogen and oxygen atoms in total. The van der Waals surface area contributed by atoms with Crippen molar-refractivity contribution < 1.29 is 9.13 Å². The first kappa shape index (κ1) is 23.6. The van der Waals surface area contributed by atoms with Crippen molar-refractivity contribution in [3.63, 3.8) is 0 Å². The lowest BCUT2D eigenvalue weighted by atomic mass is 9.70. The Hall–Kier alpha value is -1.02. The molecular weight excluding hydrogens is 395 g/mol. The summed E-state index contributed by atoms with van der Waals surface area (Å²) in [5.41, 5.74) is 1.79. The minimum absolute atomic E-state index is 0.132. The van der Waals surface area contributed by atoms with E-state index in [2.05, 4.69) is 19.9 Å². The molecule has 1 fully saturated rings. The molecule has 0 bridgehead atoms. The monoisotopic (exact) mass is 434 g/mol. The molecule has 3 rings (SSSR count). The SMILES string of the molecule is CCCCCC1CCC(C2CC=C(c3ccc(OCCCC)c(Cl)c3F)CC2)CC1. The quantitative estimate of drug-likeness (QED) is 0.333. The molecule has 2 aliphatic rings. The molecule has 0 spiro atoms. The summed E-state index contributed by atoms with van der Waals surface area (Å²) >= 11 is 6.28. The van der Waals surface area contributed by atoms with Crippen LogP contribution in [0.1, 0.15) is 103 Å². The van der Waals surface area contributed by atoms with Gasteiger partial charge in [0.2, 0.25) is 0 Å². The number of hydrogen-bond acceptors (Lipinski definition) is 1. The first-order valence-corrected chi connectivity index (χ1v) is 12.8. The van der Waals surface area contributed by atoms with Crippen LogP contribution in [0.15, 0.2) is 18.2 Å². The average Bonchev–Trinajstić information content (AvgIpc) is 2.78. The zero-order chi connectivity index (χ0) is 21.3. The van der Waals surface area contributed by atoms with Crippen LogP contribution in [-0.4, -0.2) is 6.61 Å². The second-order valence-electron chi connectivity index (χ2n) is 9.48. The Morgan fingerprint density at radius 2 is 1.73 bits per heavy atom. The van der Waals surface area contributed by atoms with Crippen molar-refractivity contribution in [1.82, 2.24) is 0 Å². The summed E-state index contributed by atoms with van der Waals surface area (Å²) in [5, 5.41) is 0.132. The highest BCUT2D eigenvalue weighted by Gasteiger charge is 2.29. The maximum Gasteiger partial charge on any atom is 0.153 e. The van der Waals surface area contributed by atoms with Crippen LogP contribution in [0.3, 0.4) is 0 Å². The topological polar surface area (TPSA) is 9.23 Å². The molecule has 0 N–H and O–H groups in total. The third-order valence-electron chi connectivity index (χ3n) is 7.37. The van der Waals surface area contributed by atoms with Crippen molar-refractivity contribution in [2.75, 3.05) is 6.61 Å². The summed E-state index contributed by atoms with van der Waals surface area (Å²) < 4.78 is 20.6. The number of benzene rings is 1. The number of unbranched alkanes of at least 4 members (excludes halogenated alkanes) is 3. The van der Waals surface area contributed by atoms with E-state index in [4.69, 9.17) is 16.3 Å². The third kappa shape index (κ3) is 6.25. The Bertz CT molecular complexity index is 690. The van der Waals surface area contributed by atoms with E-state index in [9.17, 15) is 4.39 Å². The first-order chi connectivity index (χ1) is 14.6. The molecule has 1 saturated carbocycles. The van der Waals surface area contributed by atoms with Gasteiger partial charge in [0.25, 0.3) is 0 Å². The van der Waals surface area contributed by atoms with Crippen LogP contribution in [0.5, 0.6) is 5.75 Å². The van der Waals surface area contributed by atoms with Gasteiger partial charge in [-0.2, -0.15) is 0 Å². The molecule has 0 aromatic heterocycles. The van der Waals surface area contributed by atoms with Gasteiger partial charge in [0.05, 0.1) is 6.61 Å². The summed E-state index contributed by atoms with van der Waals surface area (Å²) in [6, 6.07) is 3.69. The van der Waals surface area contributed by atoms with Crippen LogP contribution in [-0.2, 0) is 0 Å². The van der Waals surface area contributed by atoms with Gasteiger partial charge in [-0.25, -0.2) is 4.39 Å². The number of allylic oxidation sites excluding steroid dienone is 2. The van der Waals surface area contributed by atoms with Gasteiger partial charge in [-0.15, -0.1) is 0 Å². The molecule has 1 atom stereocenters. The second kappa shape index (κ2) is 12.1. The Morgan fingerprint density at radius 3 is 2.40 bits per heavy atom. The molecule has 3 heteroatoms. The van der Waals surface area contributed by atoms with E-state index in [0.29, 0.717) is 17.9 Å². The van der Waals surface area contributed by atoms with Crippen molar-refractivity contribution >= 4 is 17.2 Å². The fourth-order valence-electron chi connectivity index (χ4n) is 5.38. The van der Waals surface area contributed by atoms with Gasteiger partial charge in [-0.05, 0) is 74.0 Å². The largest absolute Gasteiger partial charge is 0.492 e. The van der Waals surface area contributed by atoms with Crippen molar-refractivity contribution in [2.45, 2.75) is 97.3 Å². The van der Waals surface area contributed by atoms with E-state index in [1.807, 2.05) is 12.1 Å². The van der Waals surface area contributed by atoms with E-state index in [1.54, 1.807) is 0 Å². The number of rotatable bonds is 10. The lowest BCUT2D eigenvalue weighted by Gasteiger charge is -2.35. The summed E-state index contributed by atoms with van der Waals surface area (Å²) in [6.07, 6.45) is 18.7. The predicted octanol–water partition coefficient (Wildman–Crippen LogP) is 9.23. The van der Waals surface area contributed by atoms with Gasteiger partial charge in [0, 0.05) is 5.56 Å². The molecule has 0 amide bonds. The molecule has 0 aliphatic heterocycles. The summed E-state index contributed by atoms with van der Waals surface area (Å²) in [7, 11) is 0. The van der Waals surface area contributed by atoms with Crippen LogP contribution in [0.4, 0.5) is 4.39 Å². The zero-order valence-electron chi connectivity index (χ0n) is 19.0. The molecular formula is C27H40ClFO. The highest BCUT2D eigenvalue weighted by atomic mass is 35.5. The van der Waals surface area contributed by atoms with E-state index in [0.717, 1.165) is 49.0 Å². The minimum Gasteiger partial charge on any atom is -0.492 e. The van der Waals surface area contributed by atoms with Gasteiger partial charge in [0.1, 0.15) is 10.8 Å². The number of halogens is 2. The van der Waals surface area contributed by atoms with Gasteiger partial charge in [-0.1, -0.05) is 76.5 Å². The Kier molecular flexibility index (Phi) is 9.56. The van der Waals surface area contributed by atoms with Gasteiger partial charge < -0.3 is 4.74 Å². The first-order valence-electron chi connectivity index (χ1n) is 12.4. The fourth-order valence-corrected chi connectivity index (χ4v) is 5.60. The van der Waals surface area contributed by atoms with Crippen LogP contribution >= 0.6 is 11.6 Å². The average molecular weight is 435 g/mol. The van der Waals surface area contributed by atoms with Crippen molar-refractivity contribution in [3.05, 3.63) is 34.6 Å². The fraction of sp³-hybridized carbons (Fsp3) is 0.704. The molecule has 2 aliphatic carbocycles. The maximum absolute atomic E-state index is 14.9. The standard InChI is InChI=1S/C27H40ClFO/c1-3-5-7-8-20-9-11-21(12-10-20)22-13-15-23(16-14-22)24-17-18-25(26(28)27(24)29)30-19-6-4-2/h15,17-18,20-22H,3-14,16,19H2,1-2H3. The van der Waals surface area contributed by atoms with Crippen LogP contribution in [0, 0.1) is 23.6 Å². The van der Waals surface area contributed by atoms with E-state index in [1.165, 1.54) is 57.8 Å². The minimum atomic E-state index is -0.317. The number of ether oxygens (including phenoxy) is 1. The molecule has 1 unspecified atom stereocenters. The summed E-state index contributed by atoms with van der Waals surface area (Å²) in [4.78, 5) is 0. The van der Waals surface area contributed by atoms with Crippen molar-refractivity contribution in [1.29, 1.82) is 0 Å². The van der Waals surface area contributed by atoms with Crippen LogP contribution in [0.2, 0.25) is 5.02 Å². The molecule has 30 heavy (non-hydrogen) atoms. The molecule has 0 saturated heterocycles. The van der Waals surface area contributed by atoms with E-state index >= 15 is 0 Å². The highest BCUT2D eigenvalue weighted by molar-refractivity contribution is 6.32. The maximum atomic E-state index is 14.9. The smallest absolute Gasteiger partial charge is 0.153 e. The third-order valence-corrected chi connectivity index (χ3v) is 7.73. The van der Waals surface area contributed by atoms with Crippen molar-refractivity contribution in [2.24, 2.45) is 17.8 Å². The summed E-state index contributed by atoms with van der Waals surface area (Å²) in [5.74, 6) is 2.77. The lowest BCUT2D eigenvalue weighted by Crippen LogP contribution is -2.23. The Labute approximate surface area is 188 Å². The molecule has 1 aromatic rings. The molecule has 1 aromatic carbocycles. The van der Waals surface area contributed by atoms with Crippen LogP contribution in [0.25, 0.3) is 5.57 Å². The number of hydrogen-bond donors (Lipinski definition) is 0. The summed E-state index contributed by atoms with van der Waals surface area (Å²) in [6.45, 7) is 4.98. The predicted molar refractivity (Wildman–Crippen MR) is 127 cm³/mol. The molecule has 0 radical (unpaired) electrons. The van der Waals surface area contributed by atoms with Gasteiger partial charge >= 0.3 is 0 Å². The Morgan fingerprint density at radius 1 is 0.967 bits per heavy atom. The van der Waals surface area contributed by atoms with E-state index < -0.39 is 0 Å². The zero-order valence-corrected chi connectivity index (χ0v) is 19.8. The van der Waals surface area contributed by atoms with Gasteiger partial charge in [0.15, 0.2) is 5.82 Å². The van der Waals surface area contributed by atoms with Crippen molar-refractivity contribution in [3.8, 4) is 5.75 Å². The normalized spacial score (nSPS) is 24.5. The molecule has 0 heterocycles.